The van der Waals surface area contributed by atoms with Gasteiger partial charge in [-0.2, -0.15) is 0 Å². The van der Waals surface area contributed by atoms with Gasteiger partial charge in [-0.1, -0.05) is 24.3 Å². The monoisotopic (exact) mass is 333 g/mol. The van der Waals surface area contributed by atoms with Gasteiger partial charge in [-0.3, -0.25) is 4.99 Å². The van der Waals surface area contributed by atoms with Crippen molar-refractivity contribution in [3.8, 4) is 0 Å². The van der Waals surface area contributed by atoms with Crippen LogP contribution in [0, 0.1) is 13.8 Å². The lowest BCUT2D eigenvalue weighted by atomic mass is 10.1. The molecule has 0 spiro atoms. The van der Waals surface area contributed by atoms with Crippen LogP contribution in [0.15, 0.2) is 59.6 Å². The lowest BCUT2D eigenvalue weighted by Gasteiger charge is -2.08. The second-order valence-corrected chi connectivity index (χ2v) is 6.08. The summed E-state index contributed by atoms with van der Waals surface area (Å²) < 4.78 is 0. The van der Waals surface area contributed by atoms with Crippen LogP contribution >= 0.6 is 0 Å². The van der Waals surface area contributed by atoms with Crippen molar-refractivity contribution in [2.45, 2.75) is 13.8 Å². The maximum Gasteiger partial charge on any atom is 0.193 e. The molecule has 1 heterocycles. The minimum atomic E-state index is 0.415. The van der Waals surface area contributed by atoms with Gasteiger partial charge in [-0.15, -0.1) is 0 Å². The highest BCUT2D eigenvalue weighted by Gasteiger charge is 1.99. The number of para-hydroxylation sites is 1. The standard InChI is InChI=1S/C20H23N5/c1-14-11-15(2)13-17(12-14)24-20(21)23-10-9-22-19-8-7-16-5-3-4-6-18(16)25-19/h3-8,11-13H,9-10H2,1-2H3,(H,22,25)(H3,21,23,24). The van der Waals surface area contributed by atoms with Gasteiger partial charge in [0.2, 0.25) is 0 Å². The molecule has 0 aliphatic rings. The Labute approximate surface area is 148 Å². The molecule has 5 nitrogen and oxygen atoms in total. The molecule has 0 radical (unpaired) electrons. The molecule has 0 fully saturated rings. The van der Waals surface area contributed by atoms with Gasteiger partial charge >= 0.3 is 0 Å². The summed E-state index contributed by atoms with van der Waals surface area (Å²) in [6.07, 6.45) is 0. The Hall–Kier alpha value is -3.08. The van der Waals surface area contributed by atoms with Crippen LogP contribution in [-0.4, -0.2) is 24.0 Å². The van der Waals surface area contributed by atoms with Gasteiger partial charge in [0.05, 0.1) is 12.1 Å². The number of nitrogens with zero attached hydrogens (tertiary/aromatic N) is 2. The van der Waals surface area contributed by atoms with Crippen molar-refractivity contribution < 1.29 is 0 Å². The number of fused-ring (bicyclic) bond motifs is 1. The van der Waals surface area contributed by atoms with Crippen LogP contribution in [0.4, 0.5) is 11.5 Å². The molecule has 0 bridgehead atoms. The zero-order valence-electron chi connectivity index (χ0n) is 14.6. The average Bonchev–Trinajstić information content (AvgIpc) is 2.57. The van der Waals surface area contributed by atoms with E-state index in [0.717, 1.165) is 22.4 Å². The average molecular weight is 333 g/mol. The zero-order chi connectivity index (χ0) is 17.6. The molecule has 3 aromatic rings. The van der Waals surface area contributed by atoms with Crippen molar-refractivity contribution in [2.75, 3.05) is 23.7 Å². The predicted octanol–water partition coefficient (Wildman–Crippen LogP) is 3.69. The number of benzene rings is 2. The second-order valence-electron chi connectivity index (χ2n) is 6.08. The fourth-order valence-electron chi connectivity index (χ4n) is 2.76. The number of aliphatic imine (C=N–C) groups is 1. The van der Waals surface area contributed by atoms with Crippen LogP contribution < -0.4 is 16.4 Å². The first-order valence-corrected chi connectivity index (χ1v) is 8.35. The Bertz CT molecular complexity index is 881. The Morgan fingerprint density at radius 1 is 1.04 bits per heavy atom. The summed E-state index contributed by atoms with van der Waals surface area (Å²) in [6, 6.07) is 18.3. The Morgan fingerprint density at radius 3 is 2.60 bits per heavy atom. The van der Waals surface area contributed by atoms with E-state index in [2.05, 4.69) is 52.7 Å². The smallest absolute Gasteiger partial charge is 0.193 e. The summed E-state index contributed by atoms with van der Waals surface area (Å²) in [7, 11) is 0. The van der Waals surface area contributed by atoms with Crippen molar-refractivity contribution in [1.82, 2.24) is 4.98 Å². The van der Waals surface area contributed by atoms with E-state index < -0.39 is 0 Å². The molecular formula is C20H23N5. The summed E-state index contributed by atoms with van der Waals surface area (Å²) in [5.74, 6) is 1.26. The molecule has 128 valence electrons. The minimum absolute atomic E-state index is 0.415. The minimum Gasteiger partial charge on any atom is -0.370 e. The molecule has 25 heavy (non-hydrogen) atoms. The fraction of sp³-hybridized carbons (Fsp3) is 0.200. The highest BCUT2D eigenvalue weighted by Crippen LogP contribution is 2.14. The first-order chi connectivity index (χ1) is 12.1. The molecule has 0 aliphatic heterocycles. The van der Waals surface area contributed by atoms with E-state index >= 15 is 0 Å². The number of aryl methyl sites for hydroxylation is 2. The van der Waals surface area contributed by atoms with E-state index in [1.807, 2.05) is 36.4 Å². The third-order valence-electron chi connectivity index (χ3n) is 3.79. The molecule has 4 N–H and O–H groups in total. The topological polar surface area (TPSA) is 75.3 Å². The summed E-state index contributed by atoms with van der Waals surface area (Å²) >= 11 is 0. The van der Waals surface area contributed by atoms with Gasteiger partial charge in [0.15, 0.2) is 5.96 Å². The molecular weight excluding hydrogens is 310 g/mol. The molecule has 0 aliphatic carbocycles. The molecule has 0 amide bonds. The van der Waals surface area contributed by atoms with Crippen molar-refractivity contribution in [2.24, 2.45) is 10.7 Å². The Kier molecular flexibility index (Phi) is 5.14. The predicted molar refractivity (Wildman–Crippen MR) is 106 cm³/mol. The molecule has 2 aromatic carbocycles. The number of guanidine groups is 1. The van der Waals surface area contributed by atoms with Crippen LogP contribution in [0.3, 0.4) is 0 Å². The van der Waals surface area contributed by atoms with Gasteiger partial charge in [-0.25, -0.2) is 4.98 Å². The molecule has 0 saturated heterocycles. The summed E-state index contributed by atoms with van der Waals surface area (Å²) in [6.45, 7) is 5.36. The molecule has 3 rings (SSSR count). The van der Waals surface area contributed by atoms with Crippen molar-refractivity contribution in [3.63, 3.8) is 0 Å². The third-order valence-corrected chi connectivity index (χ3v) is 3.79. The normalized spacial score (nSPS) is 11.5. The molecule has 0 atom stereocenters. The maximum atomic E-state index is 5.96. The van der Waals surface area contributed by atoms with Crippen LogP contribution in [0.5, 0.6) is 0 Å². The van der Waals surface area contributed by atoms with Crippen LogP contribution in [0.2, 0.25) is 0 Å². The largest absolute Gasteiger partial charge is 0.370 e. The zero-order valence-corrected chi connectivity index (χ0v) is 14.6. The SMILES string of the molecule is Cc1cc(C)cc(NC(N)=NCCNc2ccc3ccccc3n2)c1. The number of hydrogen-bond acceptors (Lipinski definition) is 3. The number of anilines is 2. The van der Waals surface area contributed by atoms with Gasteiger partial charge in [0, 0.05) is 17.6 Å². The van der Waals surface area contributed by atoms with E-state index in [1.54, 1.807) is 0 Å². The highest BCUT2D eigenvalue weighted by atomic mass is 15.1. The summed E-state index contributed by atoms with van der Waals surface area (Å²) in [5.41, 5.74) is 10.3. The Morgan fingerprint density at radius 2 is 1.80 bits per heavy atom. The van der Waals surface area contributed by atoms with E-state index in [9.17, 15) is 0 Å². The van der Waals surface area contributed by atoms with Gasteiger partial charge < -0.3 is 16.4 Å². The Balaban J connectivity index is 1.53. The van der Waals surface area contributed by atoms with E-state index in [-0.39, 0.29) is 0 Å². The van der Waals surface area contributed by atoms with Crippen LogP contribution in [0.1, 0.15) is 11.1 Å². The first kappa shape index (κ1) is 16.8. The van der Waals surface area contributed by atoms with Crippen molar-refractivity contribution in [1.29, 1.82) is 0 Å². The first-order valence-electron chi connectivity index (χ1n) is 8.35. The van der Waals surface area contributed by atoms with Crippen LogP contribution in [-0.2, 0) is 0 Å². The number of rotatable bonds is 5. The lowest BCUT2D eigenvalue weighted by Crippen LogP contribution is -2.24. The third kappa shape index (κ3) is 4.70. The number of nitrogens with two attached hydrogens (primary N) is 1. The summed E-state index contributed by atoms with van der Waals surface area (Å²) in [4.78, 5) is 8.92. The van der Waals surface area contributed by atoms with Crippen molar-refractivity contribution in [3.05, 3.63) is 65.7 Å². The molecule has 0 unspecified atom stereocenters. The molecule has 5 heteroatoms. The maximum absolute atomic E-state index is 5.96. The number of pyridine rings is 1. The lowest BCUT2D eigenvalue weighted by molar-refractivity contribution is 1.01. The number of nitrogens with one attached hydrogen (secondary N) is 2. The second kappa shape index (κ2) is 7.66. The number of aromatic nitrogens is 1. The highest BCUT2D eigenvalue weighted by molar-refractivity contribution is 5.92. The van der Waals surface area contributed by atoms with Crippen molar-refractivity contribution >= 4 is 28.4 Å². The quantitative estimate of drug-likeness (QED) is 0.378. The summed E-state index contributed by atoms with van der Waals surface area (Å²) in [5, 5.41) is 7.54. The van der Waals surface area contributed by atoms with Gasteiger partial charge in [0.25, 0.3) is 0 Å². The molecule has 1 aromatic heterocycles. The fourth-order valence-corrected chi connectivity index (χ4v) is 2.76. The van der Waals surface area contributed by atoms with Gasteiger partial charge in [0.1, 0.15) is 5.82 Å². The molecule has 0 saturated carbocycles. The van der Waals surface area contributed by atoms with E-state index in [0.29, 0.717) is 19.0 Å². The van der Waals surface area contributed by atoms with Crippen LogP contribution in [0.25, 0.3) is 10.9 Å². The number of hydrogen-bond donors (Lipinski definition) is 3. The van der Waals surface area contributed by atoms with E-state index in [4.69, 9.17) is 5.73 Å². The van der Waals surface area contributed by atoms with Gasteiger partial charge in [-0.05, 0) is 55.3 Å². The van der Waals surface area contributed by atoms with E-state index in [1.165, 1.54) is 11.1 Å².